The minimum absolute atomic E-state index is 0.00236. The van der Waals surface area contributed by atoms with E-state index in [1.54, 1.807) is 0 Å². The van der Waals surface area contributed by atoms with Crippen LogP contribution in [0.1, 0.15) is 19.4 Å². The number of ether oxygens (including phenoxy) is 1. The van der Waals surface area contributed by atoms with Gasteiger partial charge in [0.2, 0.25) is 0 Å². The van der Waals surface area contributed by atoms with Crippen LogP contribution in [-0.2, 0) is 9.53 Å². The molecule has 1 aromatic rings. The Bertz CT molecular complexity index is 501. The molecule has 0 fully saturated rings. The second-order valence-electron chi connectivity index (χ2n) is 4.18. The van der Waals surface area contributed by atoms with Crippen molar-refractivity contribution < 1.29 is 9.53 Å². The number of hydrogen-bond acceptors (Lipinski definition) is 3. The highest BCUT2D eigenvalue weighted by atomic mass is 79.9. The van der Waals surface area contributed by atoms with Gasteiger partial charge in [-0.3, -0.25) is 0 Å². The molecule has 94 valence electrons. The highest BCUT2D eigenvalue weighted by Crippen LogP contribution is 2.19. The average Bonchev–Trinajstić information content (AvgIpc) is 2.35. The molecule has 0 aromatic heterocycles. The topological polar surface area (TPSA) is 50.1 Å². The Morgan fingerprint density at radius 2 is 2.17 bits per heavy atom. The summed E-state index contributed by atoms with van der Waals surface area (Å²) in [5.41, 5.74) is 0.776. The summed E-state index contributed by atoms with van der Waals surface area (Å²) < 4.78 is 5.85. The maximum atomic E-state index is 11.7. The summed E-state index contributed by atoms with van der Waals surface area (Å²) in [6.07, 6.45) is 1.52. The van der Waals surface area contributed by atoms with Crippen molar-refractivity contribution in [2.75, 3.05) is 6.61 Å². The first-order chi connectivity index (χ1) is 8.54. The summed E-state index contributed by atoms with van der Waals surface area (Å²) in [6.45, 7) is 4.20. The predicted molar refractivity (Wildman–Crippen MR) is 73.5 cm³/mol. The smallest absolute Gasteiger partial charge is 0.348 e. The molecule has 0 saturated carbocycles. The third kappa shape index (κ3) is 4.34. The van der Waals surface area contributed by atoms with Gasteiger partial charge in [-0.05, 0) is 23.6 Å². The van der Waals surface area contributed by atoms with E-state index in [2.05, 4.69) is 15.9 Å². The number of carbonyl (C=O) groups excluding carboxylic acids is 1. The summed E-state index contributed by atoms with van der Waals surface area (Å²) in [4.78, 5) is 11.7. The van der Waals surface area contributed by atoms with Crippen LogP contribution in [-0.4, -0.2) is 12.6 Å². The number of rotatable bonds is 4. The molecule has 0 aliphatic heterocycles. The lowest BCUT2D eigenvalue weighted by Gasteiger charge is -2.06. The summed E-state index contributed by atoms with van der Waals surface area (Å²) in [7, 11) is 0. The molecule has 0 atom stereocenters. The minimum Gasteiger partial charge on any atom is -0.461 e. The largest absolute Gasteiger partial charge is 0.461 e. The molecule has 0 aliphatic carbocycles. The van der Waals surface area contributed by atoms with Crippen molar-refractivity contribution in [3.05, 3.63) is 39.9 Å². The van der Waals surface area contributed by atoms with E-state index in [4.69, 9.17) is 10.00 Å². The predicted octanol–water partition coefficient (Wildman–Crippen LogP) is 3.56. The van der Waals surface area contributed by atoms with Crippen LogP contribution in [0.4, 0.5) is 0 Å². The van der Waals surface area contributed by atoms with Gasteiger partial charge >= 0.3 is 5.97 Å². The van der Waals surface area contributed by atoms with Crippen molar-refractivity contribution in [1.82, 2.24) is 0 Å². The molecule has 0 N–H and O–H groups in total. The molecule has 0 unspecified atom stereocenters. The van der Waals surface area contributed by atoms with Crippen molar-refractivity contribution in [1.29, 1.82) is 5.26 Å². The van der Waals surface area contributed by atoms with Crippen LogP contribution in [0.2, 0.25) is 0 Å². The van der Waals surface area contributed by atoms with Gasteiger partial charge in [0.25, 0.3) is 0 Å². The molecule has 0 saturated heterocycles. The van der Waals surface area contributed by atoms with Gasteiger partial charge in [-0.2, -0.15) is 5.26 Å². The Morgan fingerprint density at radius 1 is 1.50 bits per heavy atom. The number of halogens is 1. The van der Waals surface area contributed by atoms with Crippen LogP contribution in [0.3, 0.4) is 0 Å². The van der Waals surface area contributed by atoms with Gasteiger partial charge < -0.3 is 4.74 Å². The second-order valence-corrected chi connectivity index (χ2v) is 5.04. The third-order valence-corrected chi connectivity index (χ3v) is 2.82. The number of benzene rings is 1. The SMILES string of the molecule is CC(C)COC(=O)C(C#N)=Cc1ccccc1Br. The first-order valence-electron chi connectivity index (χ1n) is 5.58. The quantitative estimate of drug-likeness (QED) is 0.485. The molecule has 4 heteroatoms. The Balaban J connectivity index is 2.87. The van der Waals surface area contributed by atoms with Crippen molar-refractivity contribution >= 4 is 28.0 Å². The molecule has 0 amide bonds. The van der Waals surface area contributed by atoms with Gasteiger partial charge in [0.1, 0.15) is 11.6 Å². The molecule has 0 heterocycles. The Kier molecular flexibility index (Phi) is 5.60. The maximum absolute atomic E-state index is 11.7. The number of nitriles is 1. The van der Waals surface area contributed by atoms with Gasteiger partial charge in [0.15, 0.2) is 0 Å². The number of nitrogens with zero attached hydrogens (tertiary/aromatic N) is 1. The molecular formula is C14H14BrNO2. The molecule has 1 rings (SSSR count). The zero-order chi connectivity index (χ0) is 13.5. The summed E-state index contributed by atoms with van der Waals surface area (Å²) >= 11 is 3.36. The Hall–Kier alpha value is -1.60. The molecule has 3 nitrogen and oxygen atoms in total. The Morgan fingerprint density at radius 3 is 2.72 bits per heavy atom. The minimum atomic E-state index is -0.582. The van der Waals surface area contributed by atoms with Crippen LogP contribution >= 0.6 is 15.9 Å². The number of hydrogen-bond donors (Lipinski definition) is 0. The summed E-state index contributed by atoms with van der Waals surface area (Å²) in [5.74, 6) is -0.334. The monoisotopic (exact) mass is 307 g/mol. The number of esters is 1. The van der Waals surface area contributed by atoms with Crippen LogP contribution in [0.15, 0.2) is 34.3 Å². The molecule has 0 aliphatic rings. The average molecular weight is 308 g/mol. The fourth-order valence-corrected chi connectivity index (χ4v) is 1.60. The molecule has 0 bridgehead atoms. The van der Waals surface area contributed by atoms with Crippen molar-refractivity contribution in [3.8, 4) is 6.07 Å². The van der Waals surface area contributed by atoms with Crippen LogP contribution in [0, 0.1) is 17.2 Å². The third-order valence-electron chi connectivity index (χ3n) is 2.09. The zero-order valence-corrected chi connectivity index (χ0v) is 11.9. The fraction of sp³-hybridized carbons (Fsp3) is 0.286. The first kappa shape index (κ1) is 14.5. The number of carbonyl (C=O) groups is 1. The normalized spacial score (nSPS) is 11.2. The van der Waals surface area contributed by atoms with E-state index in [-0.39, 0.29) is 11.5 Å². The van der Waals surface area contributed by atoms with E-state index in [1.165, 1.54) is 6.08 Å². The van der Waals surface area contributed by atoms with Crippen molar-refractivity contribution in [3.63, 3.8) is 0 Å². The van der Waals surface area contributed by atoms with Crippen LogP contribution in [0.25, 0.3) is 6.08 Å². The summed E-state index contributed by atoms with van der Waals surface area (Å²) in [6, 6.07) is 9.24. The highest BCUT2D eigenvalue weighted by molar-refractivity contribution is 9.10. The lowest BCUT2D eigenvalue weighted by atomic mass is 10.1. The second kappa shape index (κ2) is 6.97. The highest BCUT2D eigenvalue weighted by Gasteiger charge is 2.12. The van der Waals surface area contributed by atoms with E-state index < -0.39 is 5.97 Å². The van der Waals surface area contributed by atoms with E-state index in [9.17, 15) is 4.79 Å². The maximum Gasteiger partial charge on any atom is 0.348 e. The summed E-state index contributed by atoms with van der Waals surface area (Å²) in [5, 5.41) is 8.98. The van der Waals surface area contributed by atoms with Gasteiger partial charge in [-0.15, -0.1) is 0 Å². The van der Waals surface area contributed by atoms with Crippen molar-refractivity contribution in [2.45, 2.75) is 13.8 Å². The zero-order valence-electron chi connectivity index (χ0n) is 10.3. The van der Waals surface area contributed by atoms with Crippen molar-refractivity contribution in [2.24, 2.45) is 5.92 Å². The van der Waals surface area contributed by atoms with Crippen LogP contribution < -0.4 is 0 Å². The molecular weight excluding hydrogens is 294 g/mol. The lowest BCUT2D eigenvalue weighted by Crippen LogP contribution is -2.11. The van der Waals surface area contributed by atoms with Gasteiger partial charge in [0, 0.05) is 4.47 Å². The van der Waals surface area contributed by atoms with Gasteiger partial charge in [0.05, 0.1) is 6.61 Å². The standard InChI is InChI=1S/C14H14BrNO2/c1-10(2)9-18-14(17)12(8-16)7-11-5-3-4-6-13(11)15/h3-7,10H,9H2,1-2H3. The lowest BCUT2D eigenvalue weighted by molar-refractivity contribution is -0.139. The van der Waals surface area contributed by atoms with E-state index in [0.29, 0.717) is 6.61 Å². The van der Waals surface area contributed by atoms with Gasteiger partial charge in [-0.1, -0.05) is 48.0 Å². The van der Waals surface area contributed by atoms with E-state index in [1.807, 2.05) is 44.2 Å². The molecule has 0 spiro atoms. The molecule has 18 heavy (non-hydrogen) atoms. The molecule has 0 radical (unpaired) electrons. The van der Waals surface area contributed by atoms with E-state index >= 15 is 0 Å². The first-order valence-corrected chi connectivity index (χ1v) is 6.37. The Labute approximate surface area is 115 Å². The fourth-order valence-electron chi connectivity index (χ4n) is 1.20. The van der Waals surface area contributed by atoms with Crippen LogP contribution in [0.5, 0.6) is 0 Å². The van der Waals surface area contributed by atoms with E-state index in [0.717, 1.165) is 10.0 Å². The molecule has 1 aromatic carbocycles. The van der Waals surface area contributed by atoms with Gasteiger partial charge in [-0.25, -0.2) is 4.79 Å².